The first-order valence-corrected chi connectivity index (χ1v) is 9.90. The molecule has 0 saturated heterocycles. The number of para-hydroxylation sites is 1. The van der Waals surface area contributed by atoms with Crippen LogP contribution in [-0.4, -0.2) is 15.8 Å². The van der Waals surface area contributed by atoms with E-state index in [0.717, 1.165) is 11.1 Å². The minimum Gasteiger partial charge on any atom is -0.436 e. The van der Waals surface area contributed by atoms with E-state index in [4.69, 9.17) is 4.42 Å². The van der Waals surface area contributed by atoms with Crippen molar-refractivity contribution in [2.24, 2.45) is 0 Å². The van der Waals surface area contributed by atoms with Crippen LogP contribution < -0.4 is 5.32 Å². The fourth-order valence-electron chi connectivity index (χ4n) is 3.33. The van der Waals surface area contributed by atoms with E-state index in [2.05, 4.69) is 24.1 Å². The summed E-state index contributed by atoms with van der Waals surface area (Å²) < 4.78 is 5.91. The Morgan fingerprint density at radius 3 is 2.61 bits per heavy atom. The number of anilines is 1. The maximum Gasteiger partial charge on any atom is 0.282 e. The first kappa shape index (κ1) is 20.3. The molecule has 1 N–H and O–H groups in total. The van der Waals surface area contributed by atoms with Gasteiger partial charge in [-0.2, -0.15) is 0 Å². The van der Waals surface area contributed by atoms with E-state index < -0.39 is 10.8 Å². The molecule has 1 amide bonds. The molecule has 0 aliphatic carbocycles. The molecule has 0 fully saturated rings. The van der Waals surface area contributed by atoms with E-state index in [-0.39, 0.29) is 11.3 Å². The highest BCUT2D eigenvalue weighted by Crippen LogP contribution is 2.30. The fourth-order valence-corrected chi connectivity index (χ4v) is 3.33. The molecule has 1 aromatic heterocycles. The van der Waals surface area contributed by atoms with Crippen molar-refractivity contribution in [3.8, 4) is 11.5 Å². The van der Waals surface area contributed by atoms with Gasteiger partial charge < -0.3 is 9.73 Å². The van der Waals surface area contributed by atoms with Gasteiger partial charge >= 0.3 is 0 Å². The lowest BCUT2D eigenvalue weighted by Gasteiger charge is -2.10. The summed E-state index contributed by atoms with van der Waals surface area (Å²) in [5.74, 6) is 0.275. The molecule has 7 nitrogen and oxygen atoms in total. The quantitative estimate of drug-likeness (QED) is 0.314. The molecular weight excluding hydrogens is 394 g/mol. The highest BCUT2D eigenvalue weighted by atomic mass is 16.6. The molecule has 1 heterocycles. The van der Waals surface area contributed by atoms with E-state index in [1.807, 2.05) is 37.3 Å². The van der Waals surface area contributed by atoms with Crippen LogP contribution >= 0.6 is 0 Å². The molecule has 0 saturated carbocycles. The lowest BCUT2D eigenvalue weighted by molar-refractivity contribution is -0.385. The number of aromatic nitrogens is 1. The van der Waals surface area contributed by atoms with Gasteiger partial charge in [-0.25, -0.2) is 4.98 Å². The molecule has 156 valence electrons. The van der Waals surface area contributed by atoms with E-state index in [1.165, 1.54) is 23.8 Å². The SMILES string of the molecule is Cc1ccc(-c2nc3cc(C(C)C)ccc3o2)cc1NC(=O)c1ccccc1[N+](=O)[O-]. The number of carbonyl (C=O) groups excluding carboxylic acids is 1. The summed E-state index contributed by atoms with van der Waals surface area (Å²) in [6.45, 7) is 6.09. The topological polar surface area (TPSA) is 98.3 Å². The van der Waals surface area contributed by atoms with Gasteiger partial charge in [0.05, 0.1) is 4.92 Å². The van der Waals surface area contributed by atoms with Gasteiger partial charge in [0.15, 0.2) is 5.58 Å². The van der Waals surface area contributed by atoms with Gasteiger partial charge in [-0.1, -0.05) is 38.1 Å². The zero-order valence-electron chi connectivity index (χ0n) is 17.4. The number of fused-ring (bicyclic) bond motifs is 1. The van der Waals surface area contributed by atoms with Crippen LogP contribution in [0.25, 0.3) is 22.6 Å². The molecule has 0 aliphatic rings. The van der Waals surface area contributed by atoms with Crippen LogP contribution in [0.1, 0.15) is 41.3 Å². The maximum atomic E-state index is 12.7. The van der Waals surface area contributed by atoms with Crippen molar-refractivity contribution in [1.82, 2.24) is 4.98 Å². The summed E-state index contributed by atoms with van der Waals surface area (Å²) in [5.41, 5.74) is 4.44. The van der Waals surface area contributed by atoms with Gasteiger partial charge in [-0.15, -0.1) is 0 Å². The second-order valence-corrected chi connectivity index (χ2v) is 7.66. The van der Waals surface area contributed by atoms with Crippen LogP contribution in [0.15, 0.2) is 65.1 Å². The Hall–Kier alpha value is -4.00. The Labute approximate surface area is 178 Å². The van der Waals surface area contributed by atoms with Gasteiger partial charge in [0.2, 0.25) is 5.89 Å². The fraction of sp³-hybridized carbons (Fsp3) is 0.167. The van der Waals surface area contributed by atoms with Crippen molar-refractivity contribution in [3.63, 3.8) is 0 Å². The Bertz CT molecular complexity index is 1310. The second-order valence-electron chi connectivity index (χ2n) is 7.66. The van der Waals surface area contributed by atoms with Gasteiger partial charge in [-0.3, -0.25) is 14.9 Å². The van der Waals surface area contributed by atoms with Crippen molar-refractivity contribution < 1.29 is 14.1 Å². The third-order valence-corrected chi connectivity index (χ3v) is 5.16. The third kappa shape index (κ3) is 4.02. The Morgan fingerprint density at radius 1 is 1.10 bits per heavy atom. The third-order valence-electron chi connectivity index (χ3n) is 5.16. The number of nitro groups is 1. The smallest absolute Gasteiger partial charge is 0.282 e. The highest BCUT2D eigenvalue weighted by molar-refractivity contribution is 6.07. The number of nitro benzene ring substituents is 1. The predicted octanol–water partition coefficient (Wildman–Crippen LogP) is 6.09. The van der Waals surface area contributed by atoms with Crippen molar-refractivity contribution in [3.05, 3.63) is 87.5 Å². The number of aryl methyl sites for hydroxylation is 1. The van der Waals surface area contributed by atoms with Crippen molar-refractivity contribution in [2.75, 3.05) is 5.32 Å². The summed E-state index contributed by atoms with van der Waals surface area (Å²) in [6.07, 6.45) is 0. The van der Waals surface area contributed by atoms with Crippen LogP contribution in [0.4, 0.5) is 11.4 Å². The second kappa shape index (κ2) is 8.02. The average molecular weight is 415 g/mol. The van der Waals surface area contributed by atoms with Crippen molar-refractivity contribution in [1.29, 1.82) is 0 Å². The number of rotatable bonds is 5. The number of oxazole rings is 1. The Morgan fingerprint density at radius 2 is 1.87 bits per heavy atom. The number of carbonyl (C=O) groups is 1. The number of amides is 1. The highest BCUT2D eigenvalue weighted by Gasteiger charge is 2.20. The number of hydrogen-bond acceptors (Lipinski definition) is 5. The molecule has 4 aromatic rings. The van der Waals surface area contributed by atoms with Crippen LogP contribution in [0, 0.1) is 17.0 Å². The van der Waals surface area contributed by atoms with Gasteiger partial charge in [0.1, 0.15) is 11.1 Å². The average Bonchev–Trinajstić information content (AvgIpc) is 3.18. The predicted molar refractivity (Wildman–Crippen MR) is 119 cm³/mol. The zero-order valence-corrected chi connectivity index (χ0v) is 17.4. The monoisotopic (exact) mass is 415 g/mol. The van der Waals surface area contributed by atoms with E-state index in [1.54, 1.807) is 12.1 Å². The molecule has 3 aromatic carbocycles. The first-order valence-electron chi connectivity index (χ1n) is 9.90. The largest absolute Gasteiger partial charge is 0.436 e. The van der Waals surface area contributed by atoms with Crippen LogP contribution in [-0.2, 0) is 0 Å². The zero-order chi connectivity index (χ0) is 22.1. The summed E-state index contributed by atoms with van der Waals surface area (Å²) in [7, 11) is 0. The molecule has 4 rings (SSSR count). The number of benzene rings is 3. The molecule has 0 unspecified atom stereocenters. The summed E-state index contributed by atoms with van der Waals surface area (Å²) >= 11 is 0. The van der Waals surface area contributed by atoms with E-state index in [0.29, 0.717) is 28.6 Å². The van der Waals surface area contributed by atoms with Gasteiger partial charge in [-0.05, 0) is 54.3 Å². The molecule has 0 atom stereocenters. The maximum absolute atomic E-state index is 12.7. The summed E-state index contributed by atoms with van der Waals surface area (Å²) in [5, 5.41) is 14.0. The van der Waals surface area contributed by atoms with Crippen LogP contribution in [0.3, 0.4) is 0 Å². The molecular formula is C24H21N3O4. The van der Waals surface area contributed by atoms with E-state index >= 15 is 0 Å². The molecule has 0 spiro atoms. The Kier molecular flexibility index (Phi) is 5.25. The van der Waals surface area contributed by atoms with Crippen molar-refractivity contribution in [2.45, 2.75) is 26.7 Å². The minimum absolute atomic E-state index is 0.000352. The standard InChI is InChI=1S/C24H21N3O4/c1-14(2)16-10-11-22-20(12-16)26-24(31-22)17-9-8-15(3)19(13-17)25-23(28)18-6-4-5-7-21(18)27(29)30/h4-14H,1-3H3,(H,25,28). The van der Waals surface area contributed by atoms with Crippen LogP contribution in [0.5, 0.6) is 0 Å². The molecule has 0 bridgehead atoms. The first-order chi connectivity index (χ1) is 14.8. The van der Waals surface area contributed by atoms with Crippen molar-refractivity contribution >= 4 is 28.4 Å². The molecule has 0 aliphatic heterocycles. The number of hydrogen-bond donors (Lipinski definition) is 1. The van der Waals surface area contributed by atoms with Gasteiger partial charge in [0, 0.05) is 17.3 Å². The Balaban J connectivity index is 1.67. The minimum atomic E-state index is -0.568. The number of nitrogens with zero attached hydrogens (tertiary/aromatic N) is 2. The number of nitrogens with one attached hydrogen (secondary N) is 1. The summed E-state index contributed by atoms with van der Waals surface area (Å²) in [6, 6.07) is 17.3. The summed E-state index contributed by atoms with van der Waals surface area (Å²) in [4.78, 5) is 28.0. The van der Waals surface area contributed by atoms with Gasteiger partial charge in [0.25, 0.3) is 11.6 Å². The lowest BCUT2D eigenvalue weighted by atomic mass is 10.0. The molecule has 31 heavy (non-hydrogen) atoms. The lowest BCUT2D eigenvalue weighted by Crippen LogP contribution is -2.14. The molecule has 7 heteroatoms. The van der Waals surface area contributed by atoms with E-state index in [9.17, 15) is 14.9 Å². The van der Waals surface area contributed by atoms with Crippen LogP contribution in [0.2, 0.25) is 0 Å². The normalized spacial score (nSPS) is 11.1. The molecule has 0 radical (unpaired) electrons.